The fourth-order valence-corrected chi connectivity index (χ4v) is 7.75. The zero-order valence-electron chi connectivity index (χ0n) is 27.8. The van der Waals surface area contributed by atoms with Crippen LogP contribution < -0.4 is 10.5 Å². The van der Waals surface area contributed by atoms with Gasteiger partial charge in [0.15, 0.2) is 20.4 Å². The van der Waals surface area contributed by atoms with Gasteiger partial charge in [0.1, 0.15) is 11.5 Å². The average Bonchev–Trinajstić information content (AvgIpc) is 3.53. The lowest BCUT2D eigenvalue weighted by Crippen LogP contribution is -2.55. The molecule has 0 radical (unpaired) electrons. The van der Waals surface area contributed by atoms with Crippen molar-refractivity contribution in [1.29, 1.82) is 5.26 Å². The summed E-state index contributed by atoms with van der Waals surface area (Å²) in [5.74, 6) is -1.29. The van der Waals surface area contributed by atoms with E-state index < -0.39 is 32.2 Å². The summed E-state index contributed by atoms with van der Waals surface area (Å²) in [6, 6.07) is 8.02. The Hall–Kier alpha value is -5.42. The third-order valence-electron chi connectivity index (χ3n) is 8.98. The van der Waals surface area contributed by atoms with Gasteiger partial charge in [-0.3, -0.25) is 24.2 Å². The number of pyridine rings is 3. The molecule has 1 aliphatic rings. The first kappa shape index (κ1) is 33.5. The Bertz CT molecular complexity index is 2390. The van der Waals surface area contributed by atoms with Crippen molar-refractivity contribution < 1.29 is 17.6 Å². The van der Waals surface area contributed by atoms with Crippen LogP contribution in [-0.2, 0) is 14.6 Å². The second-order valence-corrected chi connectivity index (χ2v) is 14.5. The van der Waals surface area contributed by atoms with Gasteiger partial charge in [-0.15, -0.1) is 0 Å². The molecule has 252 valence electrons. The second kappa shape index (κ2) is 12.6. The van der Waals surface area contributed by atoms with Crippen molar-refractivity contribution in [3.05, 3.63) is 82.3 Å². The molecule has 6 rings (SSSR count). The summed E-state index contributed by atoms with van der Waals surface area (Å²) >= 11 is 0. The van der Waals surface area contributed by atoms with Crippen molar-refractivity contribution >= 4 is 43.4 Å². The van der Waals surface area contributed by atoms with E-state index in [2.05, 4.69) is 27.8 Å². The predicted molar refractivity (Wildman–Crippen MR) is 185 cm³/mol. The molecule has 0 aliphatic carbocycles. The van der Waals surface area contributed by atoms with Crippen LogP contribution >= 0.6 is 0 Å². The summed E-state index contributed by atoms with van der Waals surface area (Å²) in [6.45, 7) is 11.2. The summed E-state index contributed by atoms with van der Waals surface area (Å²) in [7, 11) is -4.27. The normalized spacial score (nSPS) is 15.3. The molecule has 1 amide bonds. The molecule has 0 unspecified atom stereocenters. The van der Waals surface area contributed by atoms with E-state index in [-0.39, 0.29) is 60.3 Å². The number of aromatic amines is 1. The molecule has 1 atom stereocenters. The smallest absolute Gasteiger partial charge is 0.277 e. The van der Waals surface area contributed by atoms with Gasteiger partial charge in [-0.25, -0.2) is 17.8 Å². The van der Waals surface area contributed by atoms with Crippen LogP contribution in [0.15, 0.2) is 59.0 Å². The van der Waals surface area contributed by atoms with E-state index in [1.165, 1.54) is 15.5 Å². The highest BCUT2D eigenvalue weighted by Crippen LogP contribution is 2.39. The number of nitriles is 1. The highest BCUT2D eigenvalue weighted by molar-refractivity contribution is 7.90. The molecule has 12 nitrogen and oxygen atoms in total. The van der Waals surface area contributed by atoms with Gasteiger partial charge < -0.3 is 9.80 Å². The number of H-pyrrole nitrogens is 1. The molecule has 0 bridgehead atoms. The quantitative estimate of drug-likeness (QED) is 0.240. The molecule has 0 spiro atoms. The van der Waals surface area contributed by atoms with Gasteiger partial charge in [0.2, 0.25) is 5.91 Å². The van der Waals surface area contributed by atoms with Crippen LogP contribution in [0.1, 0.15) is 43.0 Å². The number of sulfone groups is 1. The number of benzene rings is 1. The SMILES string of the molecule is C=CC(=O)N1CCN(c2c(S(C)(=O)=O)c(=O)n(-c3c(C)ccnc3C(C)C)c3nc(-c4c(C)ccc5[nH]ncc45)c(F)cc23)C[C@@H]1CC#N. The minimum atomic E-state index is -4.27. The topological polar surface area (TPSA) is 158 Å². The minimum Gasteiger partial charge on any atom is -0.366 e. The zero-order valence-corrected chi connectivity index (χ0v) is 28.6. The summed E-state index contributed by atoms with van der Waals surface area (Å²) in [5, 5.41) is 17.3. The Morgan fingerprint density at radius 2 is 1.94 bits per heavy atom. The van der Waals surface area contributed by atoms with Crippen LogP contribution in [0.5, 0.6) is 0 Å². The molecule has 5 heterocycles. The number of carbonyl (C=O) groups is 1. The van der Waals surface area contributed by atoms with Crippen molar-refractivity contribution in [2.75, 3.05) is 30.8 Å². The third-order valence-corrected chi connectivity index (χ3v) is 10.1. The number of aryl methyl sites for hydroxylation is 2. The van der Waals surface area contributed by atoms with Crippen LogP contribution in [0.2, 0.25) is 0 Å². The van der Waals surface area contributed by atoms with Crippen LogP contribution in [0.25, 0.3) is 38.9 Å². The van der Waals surface area contributed by atoms with Gasteiger partial charge in [-0.05, 0) is 55.2 Å². The Morgan fingerprint density at radius 1 is 1.18 bits per heavy atom. The number of aromatic nitrogens is 5. The maximum atomic E-state index is 16.7. The Morgan fingerprint density at radius 3 is 2.61 bits per heavy atom. The third kappa shape index (κ3) is 5.63. The molecule has 1 N–H and O–H groups in total. The Balaban J connectivity index is 1.77. The maximum absolute atomic E-state index is 16.7. The number of nitrogens with zero attached hydrogens (tertiary/aromatic N) is 7. The average molecular weight is 683 g/mol. The number of fused-ring (bicyclic) bond motifs is 2. The first-order valence-corrected chi connectivity index (χ1v) is 17.6. The first-order valence-electron chi connectivity index (χ1n) is 15.7. The number of carbonyl (C=O) groups excluding carboxylic acids is 1. The fourth-order valence-electron chi connectivity index (χ4n) is 6.75. The summed E-state index contributed by atoms with van der Waals surface area (Å²) < 4.78 is 45.3. The number of amides is 1. The van der Waals surface area contributed by atoms with Crippen LogP contribution in [-0.4, -0.2) is 75.9 Å². The number of rotatable bonds is 7. The highest BCUT2D eigenvalue weighted by atomic mass is 32.2. The lowest BCUT2D eigenvalue weighted by molar-refractivity contribution is -0.128. The van der Waals surface area contributed by atoms with Crippen molar-refractivity contribution in [3.8, 4) is 23.0 Å². The van der Waals surface area contributed by atoms with Crippen molar-refractivity contribution in [1.82, 2.24) is 29.6 Å². The van der Waals surface area contributed by atoms with E-state index in [1.807, 2.05) is 32.9 Å². The fraction of sp³-hybridized carbons (Fsp3) is 0.314. The van der Waals surface area contributed by atoms with E-state index in [0.717, 1.165) is 12.3 Å². The van der Waals surface area contributed by atoms with Gasteiger partial charge in [0.25, 0.3) is 5.56 Å². The summed E-state index contributed by atoms with van der Waals surface area (Å²) in [6.07, 6.45) is 5.24. The minimum absolute atomic E-state index is 0.00812. The monoisotopic (exact) mass is 682 g/mol. The van der Waals surface area contributed by atoms with Gasteiger partial charge in [-0.1, -0.05) is 26.5 Å². The molecule has 1 fully saturated rings. The molecule has 49 heavy (non-hydrogen) atoms. The van der Waals surface area contributed by atoms with E-state index in [1.54, 1.807) is 30.3 Å². The lowest BCUT2D eigenvalue weighted by Gasteiger charge is -2.42. The second-order valence-electron chi connectivity index (χ2n) is 12.6. The van der Waals surface area contributed by atoms with Gasteiger partial charge in [-0.2, -0.15) is 10.4 Å². The number of piperazine rings is 1. The molecule has 5 aromatic rings. The Labute approximate surface area is 282 Å². The molecule has 0 saturated carbocycles. The van der Waals surface area contributed by atoms with Crippen LogP contribution in [0.3, 0.4) is 0 Å². The largest absolute Gasteiger partial charge is 0.366 e. The Kier molecular flexibility index (Phi) is 8.58. The molecule has 1 aliphatic heterocycles. The first-order chi connectivity index (χ1) is 23.3. The van der Waals surface area contributed by atoms with Gasteiger partial charge in [0.05, 0.1) is 47.3 Å². The van der Waals surface area contributed by atoms with Gasteiger partial charge >= 0.3 is 0 Å². The standard InChI is InChI=1S/C35H35FN8O4S/c1-7-27(45)43-15-14-42(18-22(43)10-12-37)32-23-16-25(36)30(28-20(4)8-9-26-24(28)17-39-41-26)40-34(23)44(35(46)33(32)49(6,47)48)31-21(5)11-13-38-29(31)19(2)3/h7-9,11,13,16-17,19,22H,1,10,14-15,18H2,2-6H3,(H,39,41)/t22-/m0/s1. The lowest BCUT2D eigenvalue weighted by atomic mass is 9.99. The molecule has 1 saturated heterocycles. The maximum Gasteiger partial charge on any atom is 0.277 e. The number of nitrogens with one attached hydrogen (secondary N) is 1. The summed E-state index contributed by atoms with van der Waals surface area (Å²) in [4.78, 5) is 39.6. The van der Waals surface area contributed by atoms with E-state index in [9.17, 15) is 23.3 Å². The number of anilines is 1. The molecular formula is C35H35FN8O4S. The van der Waals surface area contributed by atoms with Gasteiger partial charge in [0, 0.05) is 48.4 Å². The highest BCUT2D eigenvalue weighted by Gasteiger charge is 2.36. The predicted octanol–water partition coefficient (Wildman–Crippen LogP) is 4.72. The molecule has 1 aromatic carbocycles. The molecular weight excluding hydrogens is 648 g/mol. The molecule has 14 heteroatoms. The van der Waals surface area contributed by atoms with Crippen molar-refractivity contribution in [2.45, 2.75) is 51.0 Å². The number of hydrogen-bond donors (Lipinski definition) is 1. The summed E-state index contributed by atoms with van der Waals surface area (Å²) in [5.41, 5.74) is 2.46. The van der Waals surface area contributed by atoms with Crippen LogP contribution in [0.4, 0.5) is 10.1 Å². The van der Waals surface area contributed by atoms with Crippen LogP contribution in [0, 0.1) is 31.0 Å². The number of hydrogen-bond acceptors (Lipinski definition) is 9. The van der Waals surface area contributed by atoms with E-state index in [0.29, 0.717) is 39.0 Å². The molecule has 4 aromatic heterocycles. The van der Waals surface area contributed by atoms with E-state index in [4.69, 9.17) is 4.98 Å². The number of halogens is 1. The zero-order chi connectivity index (χ0) is 35.4. The van der Waals surface area contributed by atoms with E-state index >= 15 is 4.39 Å². The van der Waals surface area contributed by atoms with Crippen molar-refractivity contribution in [2.24, 2.45) is 0 Å². The van der Waals surface area contributed by atoms with Crippen molar-refractivity contribution in [3.63, 3.8) is 0 Å².